The highest BCUT2D eigenvalue weighted by Gasteiger charge is 2.26. The van der Waals surface area contributed by atoms with Crippen LogP contribution in [0, 0.1) is 0 Å². The molecule has 34 heavy (non-hydrogen) atoms. The Hall–Kier alpha value is -2.55. The maximum Gasteiger partial charge on any atom is 0.256 e. The summed E-state index contributed by atoms with van der Waals surface area (Å²) in [4.78, 5) is 32.9. The Kier molecular flexibility index (Phi) is 7.08. The van der Waals surface area contributed by atoms with Gasteiger partial charge in [0, 0.05) is 53.7 Å². The third-order valence-corrected chi connectivity index (χ3v) is 7.88. The molecule has 7 nitrogen and oxygen atoms in total. The zero-order valence-electron chi connectivity index (χ0n) is 19.8. The van der Waals surface area contributed by atoms with E-state index in [2.05, 4.69) is 32.1 Å². The van der Waals surface area contributed by atoms with Crippen molar-refractivity contribution in [2.45, 2.75) is 43.4 Å². The molecule has 1 aliphatic carbocycles. The minimum Gasteiger partial charge on any atom is -0.358 e. The number of carbonyl (C=O) groups is 2. The smallest absolute Gasteiger partial charge is 0.256 e. The average Bonchev–Trinajstić information content (AvgIpc) is 3.36. The molecule has 0 atom stereocenters. The van der Waals surface area contributed by atoms with Crippen LogP contribution >= 0.6 is 11.9 Å². The van der Waals surface area contributed by atoms with E-state index in [0.717, 1.165) is 92.2 Å². The molecule has 0 saturated carbocycles. The number of aromatic nitrogens is 1. The van der Waals surface area contributed by atoms with E-state index < -0.39 is 0 Å². The van der Waals surface area contributed by atoms with Crippen LogP contribution in [0.4, 0.5) is 5.69 Å². The number of hydrogen-bond donors (Lipinski definition) is 3. The quantitative estimate of drug-likeness (QED) is 0.308. The zero-order valence-corrected chi connectivity index (χ0v) is 20.6. The first-order valence-corrected chi connectivity index (χ1v) is 13.1. The van der Waals surface area contributed by atoms with E-state index in [4.69, 9.17) is 0 Å². The second-order valence-electron chi connectivity index (χ2n) is 9.29. The third-order valence-electron chi connectivity index (χ3n) is 7.18. The molecule has 8 heteroatoms. The van der Waals surface area contributed by atoms with Gasteiger partial charge in [-0.1, -0.05) is 0 Å². The molecule has 0 spiro atoms. The van der Waals surface area contributed by atoms with E-state index in [1.807, 2.05) is 24.1 Å². The standard InChI is InChI=1S/C26H33N5O2S/c1-27-34-18-8-9-24-21(15-18)22(26(33)29-24)16-25-20(19-5-2-3-7-23(19)28-25)6-4-10-30-11-13-31(17-32)14-12-30/h8-9,15-17,27-28H,2-7,10-14H2,1H3,(H,29,33)/b22-16-. The normalized spacial score (nSPS) is 19.3. The number of fused-ring (bicyclic) bond motifs is 2. The lowest BCUT2D eigenvalue weighted by molar-refractivity contribution is -0.119. The summed E-state index contributed by atoms with van der Waals surface area (Å²) in [5, 5.41) is 3.03. The fourth-order valence-electron chi connectivity index (χ4n) is 5.39. The molecule has 0 unspecified atom stereocenters. The van der Waals surface area contributed by atoms with Gasteiger partial charge >= 0.3 is 0 Å². The maximum atomic E-state index is 12.9. The predicted molar refractivity (Wildman–Crippen MR) is 138 cm³/mol. The summed E-state index contributed by atoms with van der Waals surface area (Å²) in [6, 6.07) is 6.09. The van der Waals surface area contributed by atoms with Gasteiger partial charge in [-0.15, -0.1) is 0 Å². The number of aromatic amines is 1. The monoisotopic (exact) mass is 479 g/mol. The summed E-state index contributed by atoms with van der Waals surface area (Å²) in [6.07, 6.45) is 9.77. The lowest BCUT2D eigenvalue weighted by atomic mass is 9.92. The average molecular weight is 480 g/mol. The topological polar surface area (TPSA) is 80.5 Å². The van der Waals surface area contributed by atoms with Gasteiger partial charge in [-0.3, -0.25) is 19.2 Å². The third kappa shape index (κ3) is 4.80. The first kappa shape index (κ1) is 23.2. The van der Waals surface area contributed by atoms with Gasteiger partial charge in [0.2, 0.25) is 6.41 Å². The van der Waals surface area contributed by atoms with Crippen LogP contribution in [0.5, 0.6) is 0 Å². The van der Waals surface area contributed by atoms with Gasteiger partial charge in [-0.2, -0.15) is 0 Å². The zero-order chi connectivity index (χ0) is 23.5. The van der Waals surface area contributed by atoms with Gasteiger partial charge in [0.15, 0.2) is 0 Å². The van der Waals surface area contributed by atoms with E-state index in [9.17, 15) is 9.59 Å². The minimum atomic E-state index is -0.0341. The lowest BCUT2D eigenvalue weighted by Crippen LogP contribution is -2.45. The Morgan fingerprint density at radius 2 is 1.97 bits per heavy atom. The molecule has 1 aromatic carbocycles. The van der Waals surface area contributed by atoms with Crippen molar-refractivity contribution in [3.05, 3.63) is 46.3 Å². The molecule has 3 heterocycles. The molecule has 1 aromatic heterocycles. The van der Waals surface area contributed by atoms with Crippen molar-refractivity contribution in [1.29, 1.82) is 0 Å². The number of rotatable bonds is 8. The Morgan fingerprint density at radius 1 is 1.15 bits per heavy atom. The fraction of sp³-hybridized carbons (Fsp3) is 0.462. The fourth-order valence-corrected chi connectivity index (χ4v) is 5.94. The Labute approximate surface area is 205 Å². The van der Waals surface area contributed by atoms with Crippen molar-refractivity contribution in [3.63, 3.8) is 0 Å². The molecule has 3 N–H and O–H groups in total. The molecule has 1 fully saturated rings. The van der Waals surface area contributed by atoms with E-state index >= 15 is 0 Å². The van der Waals surface area contributed by atoms with Crippen molar-refractivity contribution < 1.29 is 9.59 Å². The van der Waals surface area contributed by atoms with Crippen LogP contribution in [0.1, 0.15) is 47.3 Å². The number of nitrogens with one attached hydrogen (secondary N) is 3. The first-order valence-electron chi connectivity index (χ1n) is 12.3. The molecule has 180 valence electrons. The van der Waals surface area contributed by atoms with Crippen LogP contribution in [-0.2, 0) is 28.9 Å². The summed E-state index contributed by atoms with van der Waals surface area (Å²) >= 11 is 1.55. The summed E-state index contributed by atoms with van der Waals surface area (Å²) in [6.45, 7) is 4.58. The summed E-state index contributed by atoms with van der Waals surface area (Å²) in [5.41, 5.74) is 7.89. The van der Waals surface area contributed by atoms with E-state index in [1.165, 1.54) is 29.7 Å². The molecular weight excluding hydrogens is 446 g/mol. The molecule has 0 radical (unpaired) electrons. The number of H-pyrrole nitrogens is 1. The molecule has 0 bridgehead atoms. The number of amides is 2. The summed E-state index contributed by atoms with van der Waals surface area (Å²) in [5.74, 6) is -0.0341. The van der Waals surface area contributed by atoms with Crippen molar-refractivity contribution in [1.82, 2.24) is 19.5 Å². The second-order valence-corrected chi connectivity index (χ2v) is 10.4. The predicted octanol–water partition coefficient (Wildman–Crippen LogP) is 3.32. The Balaban J connectivity index is 1.38. The number of carbonyl (C=O) groups excluding carboxylic acids is 2. The van der Waals surface area contributed by atoms with Crippen LogP contribution in [0.15, 0.2) is 23.1 Å². The Bertz CT molecular complexity index is 1100. The summed E-state index contributed by atoms with van der Waals surface area (Å²) in [7, 11) is 1.90. The van der Waals surface area contributed by atoms with Crippen LogP contribution in [0.2, 0.25) is 0 Å². The van der Waals surface area contributed by atoms with Gasteiger partial charge in [-0.25, -0.2) is 0 Å². The maximum absolute atomic E-state index is 12.9. The van der Waals surface area contributed by atoms with Crippen LogP contribution < -0.4 is 10.0 Å². The number of hydrogen-bond acceptors (Lipinski definition) is 5. The van der Waals surface area contributed by atoms with Gasteiger partial charge in [0.1, 0.15) is 0 Å². The highest BCUT2D eigenvalue weighted by Crippen LogP contribution is 2.37. The molecule has 2 aromatic rings. The van der Waals surface area contributed by atoms with Crippen LogP contribution in [-0.4, -0.2) is 66.9 Å². The summed E-state index contributed by atoms with van der Waals surface area (Å²) < 4.78 is 3.11. The van der Waals surface area contributed by atoms with E-state index in [-0.39, 0.29) is 5.91 Å². The largest absolute Gasteiger partial charge is 0.358 e. The van der Waals surface area contributed by atoms with E-state index in [1.54, 1.807) is 11.9 Å². The lowest BCUT2D eigenvalue weighted by Gasteiger charge is -2.32. The SMILES string of the molecule is CNSc1ccc2c(c1)/C(=C/c1[nH]c3c(c1CCCN1CCN(C=O)CC1)CCCC3)C(=O)N2. The molecule has 1 saturated heterocycles. The van der Waals surface area contributed by atoms with Gasteiger partial charge in [0.05, 0.1) is 5.57 Å². The molecule has 2 amide bonds. The molecular formula is C26H33N5O2S. The number of anilines is 1. The van der Waals surface area contributed by atoms with Crippen molar-refractivity contribution >= 4 is 41.6 Å². The van der Waals surface area contributed by atoms with Crippen LogP contribution in [0.25, 0.3) is 11.6 Å². The minimum absolute atomic E-state index is 0.0341. The first-order chi connectivity index (χ1) is 16.7. The van der Waals surface area contributed by atoms with Crippen LogP contribution in [0.3, 0.4) is 0 Å². The van der Waals surface area contributed by atoms with Crippen molar-refractivity contribution in [2.24, 2.45) is 0 Å². The van der Waals surface area contributed by atoms with Gasteiger partial charge < -0.3 is 15.2 Å². The van der Waals surface area contributed by atoms with Gasteiger partial charge in [-0.05, 0) is 99.5 Å². The number of aryl methyl sites for hydroxylation is 1. The number of nitrogens with zero attached hydrogens (tertiary/aromatic N) is 2. The number of benzene rings is 1. The Morgan fingerprint density at radius 3 is 2.76 bits per heavy atom. The number of piperazine rings is 1. The molecule has 3 aliphatic rings. The van der Waals surface area contributed by atoms with Gasteiger partial charge in [0.25, 0.3) is 5.91 Å². The highest BCUT2D eigenvalue weighted by atomic mass is 32.2. The highest BCUT2D eigenvalue weighted by molar-refractivity contribution is 7.97. The molecule has 2 aliphatic heterocycles. The van der Waals surface area contributed by atoms with Crippen molar-refractivity contribution in [2.75, 3.05) is 45.1 Å². The second kappa shape index (κ2) is 10.4. The van der Waals surface area contributed by atoms with E-state index in [0.29, 0.717) is 0 Å². The van der Waals surface area contributed by atoms with Crippen molar-refractivity contribution in [3.8, 4) is 0 Å². The molecule has 5 rings (SSSR count).